The third kappa shape index (κ3) is 7.27. The maximum Gasteiger partial charge on any atom is 0.236 e. The summed E-state index contributed by atoms with van der Waals surface area (Å²) in [5, 5.41) is 18.7. The number of para-hydroxylation sites is 1. The standard InChI is InChI=1S/C33H31FI4N2O2/c1-19-10-12-22(14-20(19)2)32(39-26-8-6-5-7-9-26,24-16-23(31(3,4)41)17-25(35)18-24)40-30-29(42-30)21-11-13-28(36)27(15-21)33(34,37)38/h5-18,29-30,39-41H,1-4H3/t29?,30-,32-/m1/s1. The molecule has 1 saturated heterocycles. The molecule has 9 heteroatoms. The molecule has 4 nitrogen and oxygen atoms in total. The molecular weight excluding hydrogens is 983 g/mol. The second kappa shape index (κ2) is 12.7. The lowest BCUT2D eigenvalue weighted by Gasteiger charge is -2.39. The van der Waals surface area contributed by atoms with E-state index in [9.17, 15) is 5.11 Å². The number of ether oxygens (including phenoxy) is 1. The number of halogens is 5. The van der Waals surface area contributed by atoms with Crippen LogP contribution in [-0.2, 0) is 17.7 Å². The second-order valence-electron chi connectivity index (χ2n) is 11.2. The van der Waals surface area contributed by atoms with Crippen molar-refractivity contribution in [3.63, 3.8) is 0 Å². The van der Waals surface area contributed by atoms with Crippen LogP contribution in [0.1, 0.15) is 58.9 Å². The van der Waals surface area contributed by atoms with E-state index in [-0.39, 0.29) is 12.3 Å². The second-order valence-corrected chi connectivity index (χ2v) is 18.6. The van der Waals surface area contributed by atoms with Gasteiger partial charge in [0, 0.05) is 18.4 Å². The van der Waals surface area contributed by atoms with Crippen LogP contribution < -0.4 is 10.6 Å². The van der Waals surface area contributed by atoms with E-state index >= 15 is 4.39 Å². The maximum absolute atomic E-state index is 15.0. The highest BCUT2D eigenvalue weighted by Gasteiger charge is 2.48. The Morgan fingerprint density at radius 1 is 0.810 bits per heavy atom. The Hall–Kier alpha value is -0.590. The molecule has 1 aliphatic rings. The van der Waals surface area contributed by atoms with Gasteiger partial charge in [-0.2, -0.15) is 0 Å². The quantitative estimate of drug-likeness (QED) is 0.0678. The van der Waals surface area contributed by atoms with Crippen LogP contribution >= 0.6 is 90.4 Å². The summed E-state index contributed by atoms with van der Waals surface area (Å²) in [6.07, 6.45) is -0.604. The van der Waals surface area contributed by atoms with Crippen molar-refractivity contribution >= 4 is 96.1 Å². The van der Waals surface area contributed by atoms with E-state index in [1.165, 1.54) is 11.1 Å². The van der Waals surface area contributed by atoms with Crippen LogP contribution in [0, 0.1) is 21.0 Å². The summed E-state index contributed by atoms with van der Waals surface area (Å²) in [6, 6.07) is 28.6. The van der Waals surface area contributed by atoms with Gasteiger partial charge in [-0.15, -0.1) is 0 Å². The fourth-order valence-electron chi connectivity index (χ4n) is 5.01. The highest BCUT2D eigenvalue weighted by Crippen LogP contribution is 2.47. The highest BCUT2D eigenvalue weighted by atomic mass is 127. The van der Waals surface area contributed by atoms with Crippen LogP contribution in [0.25, 0.3) is 0 Å². The largest absolute Gasteiger partial charge is 0.386 e. The molecule has 1 unspecified atom stereocenters. The minimum absolute atomic E-state index is 0.254. The third-order valence-corrected chi connectivity index (χ3v) is 10.3. The van der Waals surface area contributed by atoms with Crippen LogP contribution in [0.4, 0.5) is 10.1 Å². The summed E-state index contributed by atoms with van der Waals surface area (Å²) in [5.74, 6) is 0. The van der Waals surface area contributed by atoms with E-state index in [0.29, 0.717) is 5.56 Å². The van der Waals surface area contributed by atoms with Gasteiger partial charge >= 0.3 is 0 Å². The lowest BCUT2D eigenvalue weighted by molar-refractivity contribution is 0.0783. The number of hydrogen-bond acceptors (Lipinski definition) is 4. The van der Waals surface area contributed by atoms with Crippen molar-refractivity contribution in [1.29, 1.82) is 0 Å². The molecule has 0 aliphatic carbocycles. The maximum atomic E-state index is 15.0. The molecule has 4 aromatic rings. The zero-order chi connectivity index (χ0) is 30.4. The van der Waals surface area contributed by atoms with Crippen LogP contribution in [0.5, 0.6) is 0 Å². The topological polar surface area (TPSA) is 56.8 Å². The fraction of sp³-hybridized carbons (Fsp3) is 0.273. The monoisotopic (exact) mass is 1010 g/mol. The molecule has 0 spiro atoms. The summed E-state index contributed by atoms with van der Waals surface area (Å²) in [7, 11) is 0. The summed E-state index contributed by atoms with van der Waals surface area (Å²) >= 11 is 8.16. The van der Waals surface area contributed by atoms with Crippen molar-refractivity contribution in [2.24, 2.45) is 0 Å². The van der Waals surface area contributed by atoms with Gasteiger partial charge in [-0.1, -0.05) is 42.5 Å². The Morgan fingerprint density at radius 3 is 2.14 bits per heavy atom. The number of rotatable bonds is 9. The minimum atomic E-state index is -1.52. The molecule has 0 radical (unpaired) electrons. The van der Waals surface area contributed by atoms with E-state index in [1.807, 2.05) is 99.8 Å². The molecule has 1 aliphatic heterocycles. The van der Waals surface area contributed by atoms with Crippen LogP contribution in [0.3, 0.4) is 0 Å². The molecule has 0 bridgehead atoms. The molecular formula is C33H31FI4N2O2. The van der Waals surface area contributed by atoms with E-state index in [4.69, 9.17) is 4.74 Å². The van der Waals surface area contributed by atoms with Gasteiger partial charge in [0.25, 0.3) is 0 Å². The molecule has 3 atom stereocenters. The molecule has 0 amide bonds. The van der Waals surface area contributed by atoms with E-state index in [0.717, 1.165) is 35.1 Å². The number of aryl methyl sites for hydroxylation is 2. The van der Waals surface area contributed by atoms with Gasteiger partial charge in [0.15, 0.2) is 0 Å². The minimum Gasteiger partial charge on any atom is -0.386 e. The number of hydrogen-bond donors (Lipinski definition) is 3. The molecule has 1 fully saturated rings. The molecule has 220 valence electrons. The predicted octanol–water partition coefficient (Wildman–Crippen LogP) is 9.69. The SMILES string of the molecule is Cc1ccc([C@@](Nc2ccccc2)(N[C@@H]2OC2c2ccc(I)c(C(F)(I)I)c2)c2cc(I)cc(C(C)(C)O)c2)cc1C. The Labute approximate surface area is 301 Å². The number of anilines is 1. The summed E-state index contributed by atoms with van der Waals surface area (Å²) < 4.78 is 21.7. The summed E-state index contributed by atoms with van der Waals surface area (Å²) in [4.78, 5) is 0. The average Bonchev–Trinajstić information content (AvgIpc) is 3.68. The fourth-order valence-corrected chi connectivity index (χ4v) is 8.31. The van der Waals surface area contributed by atoms with Gasteiger partial charge in [0.1, 0.15) is 18.0 Å². The normalized spacial score (nSPS) is 18.4. The molecule has 0 aromatic heterocycles. The van der Waals surface area contributed by atoms with Crippen molar-refractivity contribution < 1.29 is 14.2 Å². The molecule has 4 aromatic carbocycles. The highest BCUT2D eigenvalue weighted by molar-refractivity contribution is 14.2. The zero-order valence-electron chi connectivity index (χ0n) is 23.5. The van der Waals surface area contributed by atoms with Gasteiger partial charge in [-0.3, -0.25) is 5.32 Å². The first kappa shape index (κ1) is 32.8. The van der Waals surface area contributed by atoms with E-state index in [2.05, 4.69) is 100.0 Å². The molecule has 3 N–H and O–H groups in total. The first-order valence-corrected chi connectivity index (χ1v) is 17.7. The van der Waals surface area contributed by atoms with Gasteiger partial charge in [-0.25, -0.2) is 4.39 Å². The van der Waals surface area contributed by atoms with Crippen molar-refractivity contribution in [3.8, 4) is 0 Å². The predicted molar refractivity (Wildman–Crippen MR) is 202 cm³/mol. The summed E-state index contributed by atoms with van der Waals surface area (Å²) in [6.45, 7) is 7.83. The molecule has 0 saturated carbocycles. The number of nitrogens with one attached hydrogen (secondary N) is 2. The van der Waals surface area contributed by atoms with Gasteiger partial charge < -0.3 is 15.2 Å². The van der Waals surface area contributed by atoms with Crippen LogP contribution in [0.2, 0.25) is 0 Å². The zero-order valence-corrected chi connectivity index (χ0v) is 32.1. The number of alkyl halides is 3. The Morgan fingerprint density at radius 2 is 1.50 bits per heavy atom. The number of aliphatic hydroxyl groups is 1. The lowest BCUT2D eigenvalue weighted by Crippen LogP contribution is -2.51. The van der Waals surface area contributed by atoms with Gasteiger partial charge in [0.05, 0.1) is 5.60 Å². The third-order valence-electron chi connectivity index (χ3n) is 7.56. The van der Waals surface area contributed by atoms with E-state index < -0.39 is 12.9 Å². The van der Waals surface area contributed by atoms with Crippen molar-refractivity contribution in [3.05, 3.63) is 131 Å². The average molecular weight is 1010 g/mol. The summed E-state index contributed by atoms with van der Waals surface area (Å²) in [5.41, 5.74) is 5.65. The molecule has 5 rings (SSSR count). The molecule has 42 heavy (non-hydrogen) atoms. The smallest absolute Gasteiger partial charge is 0.236 e. The van der Waals surface area contributed by atoms with Gasteiger partial charge in [0.2, 0.25) is 1.68 Å². The Kier molecular flexibility index (Phi) is 9.88. The van der Waals surface area contributed by atoms with Gasteiger partial charge in [-0.05, 0) is 194 Å². The Balaban J connectivity index is 1.67. The van der Waals surface area contributed by atoms with Crippen molar-refractivity contribution in [1.82, 2.24) is 5.32 Å². The number of benzene rings is 4. The van der Waals surface area contributed by atoms with E-state index in [1.54, 1.807) is 13.8 Å². The number of epoxide rings is 1. The van der Waals surface area contributed by atoms with Crippen molar-refractivity contribution in [2.75, 3.05) is 5.32 Å². The van der Waals surface area contributed by atoms with Crippen LogP contribution in [-0.4, -0.2) is 11.3 Å². The Bertz CT molecular complexity index is 1600. The first-order valence-electron chi connectivity index (χ1n) is 13.4. The van der Waals surface area contributed by atoms with Crippen molar-refractivity contribution in [2.45, 2.75) is 53.0 Å². The first-order chi connectivity index (χ1) is 19.7. The lowest BCUT2D eigenvalue weighted by atomic mass is 9.85. The molecule has 1 heterocycles. The van der Waals surface area contributed by atoms with Crippen LogP contribution in [0.15, 0.2) is 84.9 Å².